The average Bonchev–Trinajstić information content (AvgIpc) is 2.76. The predicted molar refractivity (Wildman–Crippen MR) is 107 cm³/mol. The highest BCUT2D eigenvalue weighted by Gasteiger charge is 2.15. The lowest BCUT2D eigenvalue weighted by Gasteiger charge is -2.09. The number of hydrogen-bond acceptors (Lipinski definition) is 8. The maximum atomic E-state index is 10.6. The van der Waals surface area contributed by atoms with Gasteiger partial charge in [0.25, 0.3) is 5.69 Å². The molecule has 1 N–H and O–H groups in total. The number of hydrogen-bond donors (Lipinski definition) is 1. The molecule has 0 saturated carbocycles. The summed E-state index contributed by atoms with van der Waals surface area (Å²) in [6, 6.07) is 18.8. The molecular formula is C20H16N6O3. The number of nitro groups is 1. The van der Waals surface area contributed by atoms with E-state index < -0.39 is 10.8 Å². The largest absolute Gasteiger partial charge is 0.497 e. The van der Waals surface area contributed by atoms with Gasteiger partial charge in [-0.2, -0.15) is 15.5 Å². The summed E-state index contributed by atoms with van der Waals surface area (Å²) in [5.41, 5.74) is 4.75. The third-order valence-electron chi connectivity index (χ3n) is 4.06. The van der Waals surface area contributed by atoms with Gasteiger partial charge in [-0.1, -0.05) is 12.1 Å². The van der Waals surface area contributed by atoms with E-state index in [2.05, 4.69) is 26.8 Å². The van der Waals surface area contributed by atoms with Gasteiger partial charge in [0.15, 0.2) is 5.82 Å². The molecule has 9 nitrogen and oxygen atoms in total. The highest BCUT2D eigenvalue weighted by Crippen LogP contribution is 2.24. The van der Waals surface area contributed by atoms with Gasteiger partial charge in [-0.15, -0.1) is 5.10 Å². The Morgan fingerprint density at radius 3 is 2.41 bits per heavy atom. The molecule has 0 aliphatic rings. The van der Waals surface area contributed by atoms with Gasteiger partial charge in [-0.25, -0.2) is 0 Å². The summed E-state index contributed by atoms with van der Waals surface area (Å²) >= 11 is 0. The summed E-state index contributed by atoms with van der Waals surface area (Å²) in [7, 11) is 1.58. The molecule has 0 aliphatic heterocycles. The molecule has 0 radical (unpaired) electrons. The Bertz CT molecular complexity index is 1040. The Hall–Kier alpha value is -4.32. The second kappa shape index (κ2) is 9.05. The second-order valence-electron chi connectivity index (χ2n) is 5.90. The number of nitrogens with zero attached hydrogens (tertiary/aromatic N) is 5. The fraction of sp³-hybridized carbons (Fsp3) is 0.100. The second-order valence-corrected chi connectivity index (χ2v) is 5.90. The molecule has 144 valence electrons. The molecular weight excluding hydrogens is 372 g/mol. The lowest BCUT2D eigenvalue weighted by Crippen LogP contribution is -2.04. The number of hydrazone groups is 1. The van der Waals surface area contributed by atoms with E-state index in [0.717, 1.165) is 5.56 Å². The van der Waals surface area contributed by atoms with Crippen LogP contribution in [0.2, 0.25) is 0 Å². The average molecular weight is 388 g/mol. The van der Waals surface area contributed by atoms with Crippen molar-refractivity contribution in [2.24, 2.45) is 5.10 Å². The predicted octanol–water partition coefficient (Wildman–Crippen LogP) is 3.49. The smallest absolute Gasteiger partial charge is 0.269 e. The number of methoxy groups -OCH3 is 1. The van der Waals surface area contributed by atoms with Gasteiger partial charge in [0.05, 0.1) is 30.0 Å². The topological polar surface area (TPSA) is 126 Å². The van der Waals surface area contributed by atoms with Gasteiger partial charge in [-0.05, 0) is 47.5 Å². The number of nitrogens with one attached hydrogen (secondary N) is 1. The first-order valence-corrected chi connectivity index (χ1v) is 8.51. The zero-order valence-corrected chi connectivity index (χ0v) is 15.4. The van der Waals surface area contributed by atoms with Crippen LogP contribution in [-0.2, 0) is 0 Å². The van der Waals surface area contributed by atoms with Crippen molar-refractivity contribution in [1.82, 2.24) is 10.2 Å². The van der Waals surface area contributed by atoms with Crippen molar-refractivity contribution in [3.8, 4) is 11.8 Å². The maximum absolute atomic E-state index is 10.6. The molecule has 1 aromatic heterocycles. The van der Waals surface area contributed by atoms with Crippen molar-refractivity contribution in [3.63, 3.8) is 0 Å². The number of aromatic nitrogens is 2. The van der Waals surface area contributed by atoms with Crippen LogP contribution in [0, 0.1) is 21.4 Å². The van der Waals surface area contributed by atoms with Crippen molar-refractivity contribution in [1.29, 1.82) is 5.26 Å². The van der Waals surface area contributed by atoms with Crippen LogP contribution in [0.1, 0.15) is 22.7 Å². The zero-order valence-electron chi connectivity index (χ0n) is 15.4. The first-order valence-electron chi connectivity index (χ1n) is 8.51. The summed E-state index contributed by atoms with van der Waals surface area (Å²) in [6.07, 6.45) is 1.51. The van der Waals surface area contributed by atoms with Crippen molar-refractivity contribution >= 4 is 17.7 Å². The van der Waals surface area contributed by atoms with Crippen LogP contribution in [0.4, 0.5) is 11.5 Å². The van der Waals surface area contributed by atoms with Crippen LogP contribution in [0.15, 0.2) is 65.8 Å². The Morgan fingerprint density at radius 1 is 1.14 bits per heavy atom. The molecule has 0 spiro atoms. The summed E-state index contributed by atoms with van der Waals surface area (Å²) in [5, 5.41) is 32.3. The van der Waals surface area contributed by atoms with Crippen molar-refractivity contribution in [2.45, 2.75) is 5.92 Å². The lowest BCUT2D eigenvalue weighted by atomic mass is 9.97. The quantitative estimate of drug-likeness (QED) is 0.373. The SMILES string of the molecule is COc1ccc(C(C#N)c2ccc(N/N=C\c3ccc([N+](=O)[O-])cc3)nn2)cc1. The molecule has 0 bridgehead atoms. The number of ether oxygens (including phenoxy) is 1. The van der Waals surface area contributed by atoms with Crippen LogP contribution < -0.4 is 10.2 Å². The Morgan fingerprint density at radius 2 is 1.86 bits per heavy atom. The van der Waals surface area contributed by atoms with Crippen molar-refractivity contribution in [2.75, 3.05) is 12.5 Å². The minimum absolute atomic E-state index is 0.0143. The Kier molecular flexibility index (Phi) is 6.07. The molecule has 0 amide bonds. The van der Waals surface area contributed by atoms with E-state index in [4.69, 9.17) is 4.74 Å². The molecule has 3 rings (SSSR count). The fourth-order valence-corrected chi connectivity index (χ4v) is 2.52. The zero-order chi connectivity index (χ0) is 20.6. The van der Waals surface area contributed by atoms with E-state index in [-0.39, 0.29) is 5.69 Å². The van der Waals surface area contributed by atoms with Crippen LogP contribution >= 0.6 is 0 Å². The first-order chi connectivity index (χ1) is 14.1. The minimum Gasteiger partial charge on any atom is -0.497 e. The number of benzene rings is 2. The van der Waals surface area contributed by atoms with Gasteiger partial charge < -0.3 is 4.74 Å². The summed E-state index contributed by atoms with van der Waals surface area (Å²) in [5.74, 6) is 0.561. The third kappa shape index (κ3) is 4.90. The summed E-state index contributed by atoms with van der Waals surface area (Å²) in [4.78, 5) is 10.2. The van der Waals surface area contributed by atoms with Gasteiger partial charge in [0, 0.05) is 12.1 Å². The molecule has 2 aromatic carbocycles. The molecule has 9 heteroatoms. The maximum Gasteiger partial charge on any atom is 0.269 e. The summed E-state index contributed by atoms with van der Waals surface area (Å²) < 4.78 is 5.13. The number of rotatable bonds is 7. The molecule has 29 heavy (non-hydrogen) atoms. The number of nitro benzene ring substituents is 1. The van der Waals surface area contributed by atoms with Gasteiger partial charge in [0.2, 0.25) is 0 Å². The molecule has 1 unspecified atom stereocenters. The standard InChI is InChI=1S/C20H16N6O3/c1-29-17-8-4-15(5-9-17)18(12-21)19-10-11-20(25-23-19)24-22-13-14-2-6-16(7-3-14)26(27)28/h2-11,13,18H,1H3,(H,24,25)/b22-13-. The molecule has 1 heterocycles. The third-order valence-corrected chi connectivity index (χ3v) is 4.06. The summed E-state index contributed by atoms with van der Waals surface area (Å²) in [6.45, 7) is 0. The van der Waals surface area contributed by atoms with Crippen molar-refractivity contribution in [3.05, 3.63) is 87.6 Å². The fourth-order valence-electron chi connectivity index (χ4n) is 2.52. The normalized spacial score (nSPS) is 11.6. The number of non-ortho nitro benzene ring substituents is 1. The Balaban J connectivity index is 1.65. The molecule has 3 aromatic rings. The molecule has 0 aliphatic carbocycles. The van der Waals surface area contributed by atoms with E-state index in [1.165, 1.54) is 18.3 Å². The van der Waals surface area contributed by atoms with E-state index in [1.807, 2.05) is 12.1 Å². The van der Waals surface area contributed by atoms with E-state index in [9.17, 15) is 15.4 Å². The molecule has 0 saturated heterocycles. The van der Waals surface area contributed by atoms with E-state index in [0.29, 0.717) is 22.8 Å². The molecule has 0 fully saturated rings. The highest BCUT2D eigenvalue weighted by atomic mass is 16.6. The van der Waals surface area contributed by atoms with Crippen molar-refractivity contribution < 1.29 is 9.66 Å². The van der Waals surface area contributed by atoms with Crippen LogP contribution in [0.25, 0.3) is 0 Å². The van der Waals surface area contributed by atoms with Gasteiger partial charge in [0.1, 0.15) is 11.7 Å². The van der Waals surface area contributed by atoms with Gasteiger partial charge in [-0.3, -0.25) is 15.5 Å². The van der Waals surface area contributed by atoms with Crippen LogP contribution in [0.3, 0.4) is 0 Å². The van der Waals surface area contributed by atoms with Crippen LogP contribution in [-0.4, -0.2) is 28.4 Å². The lowest BCUT2D eigenvalue weighted by molar-refractivity contribution is -0.384. The monoisotopic (exact) mass is 388 g/mol. The Labute approximate surface area is 166 Å². The van der Waals surface area contributed by atoms with E-state index >= 15 is 0 Å². The number of anilines is 1. The molecule has 1 atom stereocenters. The van der Waals surface area contributed by atoms with Gasteiger partial charge >= 0.3 is 0 Å². The van der Waals surface area contributed by atoms with Crippen LogP contribution in [0.5, 0.6) is 5.75 Å². The highest BCUT2D eigenvalue weighted by molar-refractivity contribution is 5.80. The van der Waals surface area contributed by atoms with E-state index in [1.54, 1.807) is 43.5 Å². The number of nitriles is 1. The minimum atomic E-state index is -0.550. The first kappa shape index (κ1) is 19.4.